The number of benzene rings is 2. The molecule has 0 aliphatic carbocycles. The summed E-state index contributed by atoms with van der Waals surface area (Å²) >= 11 is 0. The molecule has 2 aliphatic heterocycles. The van der Waals surface area contributed by atoms with Gasteiger partial charge in [-0.3, -0.25) is 9.59 Å². The molecule has 12 heteroatoms. The van der Waals surface area contributed by atoms with Crippen LogP contribution < -0.4 is 14.7 Å². The number of likely N-dealkylation sites (N-methyl/N-ethyl adjacent to an activating group) is 1. The van der Waals surface area contributed by atoms with E-state index in [1.807, 2.05) is 54.1 Å². The van der Waals surface area contributed by atoms with Gasteiger partial charge >= 0.3 is 0 Å². The normalized spacial score (nSPS) is 15.5. The van der Waals surface area contributed by atoms with Gasteiger partial charge in [-0.2, -0.15) is 9.61 Å². The highest BCUT2D eigenvalue weighted by atomic mass is 32.2. The zero-order valence-electron chi connectivity index (χ0n) is 24.3. The zero-order chi connectivity index (χ0) is 29.9. The predicted octanol–water partition coefficient (Wildman–Crippen LogP) is 3.06. The molecule has 4 heterocycles. The maximum Gasteiger partial charge on any atom is 0.231 e. The molecule has 2 aromatic heterocycles. The second kappa shape index (κ2) is 10.1. The number of aromatic nitrogens is 3. The molecule has 1 fully saturated rings. The van der Waals surface area contributed by atoms with E-state index in [1.54, 1.807) is 41.6 Å². The van der Waals surface area contributed by atoms with Crippen molar-refractivity contribution in [2.24, 2.45) is 0 Å². The average Bonchev–Trinajstić information content (AvgIpc) is 3.45. The van der Waals surface area contributed by atoms with Crippen molar-refractivity contribution in [3.05, 3.63) is 59.8 Å². The van der Waals surface area contributed by atoms with E-state index in [0.717, 1.165) is 33.9 Å². The molecule has 218 valence electrons. The van der Waals surface area contributed by atoms with Gasteiger partial charge in [0.05, 0.1) is 17.0 Å². The molecule has 42 heavy (non-hydrogen) atoms. The van der Waals surface area contributed by atoms with Crippen LogP contribution in [-0.4, -0.2) is 86.3 Å². The summed E-state index contributed by atoms with van der Waals surface area (Å²) in [7, 11) is 0.261. The van der Waals surface area contributed by atoms with Crippen molar-refractivity contribution in [2.45, 2.75) is 25.2 Å². The number of fused-ring (bicyclic) bond motifs is 2. The van der Waals surface area contributed by atoms with Gasteiger partial charge in [-0.25, -0.2) is 13.4 Å². The van der Waals surface area contributed by atoms with E-state index in [-0.39, 0.29) is 16.7 Å². The Morgan fingerprint density at radius 3 is 2.45 bits per heavy atom. The molecule has 0 spiro atoms. The number of carbonyl (C=O) groups excluding carboxylic acids is 2. The molecule has 0 radical (unpaired) electrons. The smallest absolute Gasteiger partial charge is 0.231 e. The Balaban J connectivity index is 1.51. The molecule has 2 aromatic carbocycles. The predicted molar refractivity (Wildman–Crippen MR) is 162 cm³/mol. The summed E-state index contributed by atoms with van der Waals surface area (Å²) in [5, 5.41) is 4.90. The molecule has 11 nitrogen and oxygen atoms in total. The molecular weight excluding hydrogens is 554 g/mol. The van der Waals surface area contributed by atoms with Crippen molar-refractivity contribution in [3.63, 3.8) is 0 Å². The van der Waals surface area contributed by atoms with Gasteiger partial charge in [0.2, 0.25) is 11.8 Å². The highest BCUT2D eigenvalue weighted by Gasteiger charge is 2.27. The quantitative estimate of drug-likeness (QED) is 0.350. The molecule has 2 amide bonds. The van der Waals surface area contributed by atoms with Crippen LogP contribution in [0.1, 0.15) is 18.2 Å². The van der Waals surface area contributed by atoms with E-state index in [0.29, 0.717) is 49.8 Å². The van der Waals surface area contributed by atoms with Crippen molar-refractivity contribution in [2.75, 3.05) is 61.2 Å². The molecule has 0 saturated carbocycles. The summed E-state index contributed by atoms with van der Waals surface area (Å²) in [6, 6.07) is 14.8. The van der Waals surface area contributed by atoms with Gasteiger partial charge in [-0.05, 0) is 48.4 Å². The maximum atomic E-state index is 12.4. The Morgan fingerprint density at radius 2 is 1.76 bits per heavy atom. The van der Waals surface area contributed by atoms with E-state index in [1.165, 1.54) is 6.26 Å². The van der Waals surface area contributed by atoms with E-state index >= 15 is 0 Å². The summed E-state index contributed by atoms with van der Waals surface area (Å²) < 4.78 is 26.4. The van der Waals surface area contributed by atoms with E-state index in [2.05, 4.69) is 4.90 Å². The summed E-state index contributed by atoms with van der Waals surface area (Å²) in [6.45, 7) is 5.98. The lowest BCUT2D eigenvalue weighted by atomic mass is 10.0. The van der Waals surface area contributed by atoms with Crippen LogP contribution in [0.25, 0.3) is 16.8 Å². The third kappa shape index (κ3) is 4.75. The summed E-state index contributed by atoms with van der Waals surface area (Å²) in [6.07, 6.45) is 1.54. The standard InChI is InChI=1S/C30H33N7O4S/c1-19-29(21-9-10-25-22(15-21)16-28(39)34(25)4)30-31-26(36-13-11-35(12-14-36)20(2)38)18-27(37(30)32-19)33(3)23-7-6-8-24(17-23)42(5,40)41/h6-10,15,17-18H,11-14,16H2,1-5H3. The molecule has 0 N–H and O–H groups in total. The molecule has 0 unspecified atom stereocenters. The molecule has 4 aromatic rings. The van der Waals surface area contributed by atoms with E-state index in [9.17, 15) is 18.0 Å². The highest BCUT2D eigenvalue weighted by Crippen LogP contribution is 2.37. The third-order valence-corrected chi connectivity index (χ3v) is 9.31. The first-order valence-electron chi connectivity index (χ1n) is 13.8. The number of rotatable bonds is 5. The van der Waals surface area contributed by atoms with Gasteiger partial charge in [0.15, 0.2) is 15.5 Å². The van der Waals surface area contributed by atoms with Crippen molar-refractivity contribution >= 4 is 50.3 Å². The average molecular weight is 588 g/mol. The first-order valence-corrected chi connectivity index (χ1v) is 15.7. The summed E-state index contributed by atoms with van der Waals surface area (Å²) in [5.41, 5.74) is 5.76. The van der Waals surface area contributed by atoms with Gasteiger partial charge in [0.25, 0.3) is 0 Å². The third-order valence-electron chi connectivity index (χ3n) is 8.20. The minimum absolute atomic E-state index is 0.0543. The molecule has 2 aliphatic rings. The van der Waals surface area contributed by atoms with Crippen molar-refractivity contribution in [3.8, 4) is 11.1 Å². The highest BCUT2D eigenvalue weighted by molar-refractivity contribution is 7.90. The first kappa shape index (κ1) is 27.7. The Bertz CT molecular complexity index is 1860. The van der Waals surface area contributed by atoms with Gasteiger partial charge in [0.1, 0.15) is 11.6 Å². The topological polar surface area (TPSA) is 111 Å². The monoisotopic (exact) mass is 587 g/mol. The molecular formula is C30H33N7O4S. The zero-order valence-corrected chi connectivity index (χ0v) is 25.1. The van der Waals surface area contributed by atoms with Crippen LogP contribution in [-0.2, 0) is 25.8 Å². The second-order valence-electron chi connectivity index (χ2n) is 11.0. The second-order valence-corrected chi connectivity index (χ2v) is 13.0. The molecule has 6 rings (SSSR count). The van der Waals surface area contributed by atoms with E-state index < -0.39 is 9.84 Å². The largest absolute Gasteiger partial charge is 0.353 e. The number of amides is 2. The number of hydrogen-bond acceptors (Lipinski definition) is 8. The number of aryl methyl sites for hydroxylation is 1. The molecule has 0 atom stereocenters. The number of anilines is 4. The van der Waals surface area contributed by atoms with Gasteiger partial charge in [-0.15, -0.1) is 0 Å². The number of carbonyl (C=O) groups is 2. The Kier molecular flexibility index (Phi) is 6.68. The van der Waals surface area contributed by atoms with Crippen molar-refractivity contribution in [1.29, 1.82) is 0 Å². The van der Waals surface area contributed by atoms with Crippen LogP contribution in [0.3, 0.4) is 0 Å². The van der Waals surface area contributed by atoms with E-state index in [4.69, 9.17) is 10.1 Å². The SMILES string of the molecule is CC(=O)N1CCN(c2cc(N(C)c3cccc(S(C)(=O)=O)c3)n3nc(C)c(-c4ccc5c(c4)CC(=O)N5C)c3n2)CC1. The van der Waals surface area contributed by atoms with Crippen molar-refractivity contribution in [1.82, 2.24) is 19.5 Å². The molecule has 1 saturated heterocycles. The Labute approximate surface area is 244 Å². The molecule has 0 bridgehead atoms. The number of hydrogen-bond donors (Lipinski definition) is 0. The summed E-state index contributed by atoms with van der Waals surface area (Å²) in [4.78, 5) is 37.2. The lowest BCUT2D eigenvalue weighted by Gasteiger charge is -2.35. The van der Waals surface area contributed by atoms with Crippen molar-refractivity contribution < 1.29 is 18.0 Å². The Morgan fingerprint density at radius 1 is 1.02 bits per heavy atom. The fraction of sp³-hybridized carbons (Fsp3) is 0.333. The van der Waals surface area contributed by atoms with Crippen LogP contribution >= 0.6 is 0 Å². The number of sulfone groups is 1. The van der Waals surface area contributed by atoms with Crippen LogP contribution in [0, 0.1) is 6.92 Å². The first-order chi connectivity index (χ1) is 19.9. The summed E-state index contributed by atoms with van der Waals surface area (Å²) in [5.74, 6) is 1.56. The lowest BCUT2D eigenvalue weighted by molar-refractivity contribution is -0.129. The fourth-order valence-electron chi connectivity index (χ4n) is 5.77. The Hall–Kier alpha value is -4.45. The van der Waals surface area contributed by atoms with Crippen LogP contribution in [0.15, 0.2) is 53.4 Å². The van der Waals surface area contributed by atoms with Crippen LogP contribution in [0.4, 0.5) is 23.0 Å². The van der Waals surface area contributed by atoms with Gasteiger partial charge < -0.3 is 19.6 Å². The van der Waals surface area contributed by atoms with Gasteiger partial charge in [-0.1, -0.05) is 12.1 Å². The maximum absolute atomic E-state index is 12.4. The van der Waals surface area contributed by atoms with Crippen LogP contribution in [0.5, 0.6) is 0 Å². The number of piperazine rings is 1. The lowest BCUT2D eigenvalue weighted by Crippen LogP contribution is -2.48. The van der Waals surface area contributed by atoms with Crippen LogP contribution in [0.2, 0.25) is 0 Å². The number of nitrogens with zero attached hydrogens (tertiary/aromatic N) is 7. The minimum atomic E-state index is -3.40. The fourth-order valence-corrected chi connectivity index (χ4v) is 6.43. The van der Waals surface area contributed by atoms with Gasteiger partial charge in [0, 0.05) is 76.5 Å². The minimum Gasteiger partial charge on any atom is -0.353 e.